The number of alkyl halides is 1. The first-order valence-electron chi connectivity index (χ1n) is 11.3. The summed E-state index contributed by atoms with van der Waals surface area (Å²) >= 11 is 3.80. The average Bonchev–Trinajstić information content (AvgIpc) is 2.90. The fourth-order valence-electron chi connectivity index (χ4n) is 3.54. The number of amides is 1. The molecule has 0 fully saturated rings. The Labute approximate surface area is 225 Å². The second kappa shape index (κ2) is 12.6. The first kappa shape index (κ1) is 27.2. The summed E-state index contributed by atoms with van der Waals surface area (Å²) in [5, 5.41) is 8.82. The number of hydrogen-bond acceptors (Lipinski definition) is 7. The summed E-state index contributed by atoms with van der Waals surface area (Å²) in [6.45, 7) is -0.627. The number of rotatable bonds is 11. The number of halogens is 2. The monoisotopic (exact) mass is 558 g/mol. The van der Waals surface area contributed by atoms with E-state index < -0.39 is 23.8 Å². The highest BCUT2D eigenvalue weighted by molar-refractivity contribution is 7.81. The highest BCUT2D eigenvalue weighted by atomic mass is 35.5. The van der Waals surface area contributed by atoms with E-state index in [1.807, 2.05) is 0 Å². The number of para-hydroxylation sites is 2. The van der Waals surface area contributed by atoms with Gasteiger partial charge in [-0.1, -0.05) is 29.8 Å². The largest absolute Gasteiger partial charge is 0.497 e. The van der Waals surface area contributed by atoms with Crippen LogP contribution >= 0.6 is 11.6 Å². The van der Waals surface area contributed by atoms with Gasteiger partial charge < -0.3 is 20.7 Å². The highest BCUT2D eigenvalue weighted by Gasteiger charge is 2.24. The van der Waals surface area contributed by atoms with Crippen molar-refractivity contribution in [2.45, 2.75) is 0 Å². The van der Waals surface area contributed by atoms with Crippen molar-refractivity contribution >= 4 is 68.5 Å². The summed E-state index contributed by atoms with van der Waals surface area (Å²) in [7, 11) is 1.52. The summed E-state index contributed by atoms with van der Waals surface area (Å²) in [5.41, 5.74) is 2.10. The number of methoxy groups -OCH3 is 1. The molecule has 1 amide bonds. The van der Waals surface area contributed by atoms with E-state index in [4.69, 9.17) is 16.3 Å². The second-order valence-corrected chi connectivity index (χ2v) is 9.08. The molecule has 10 nitrogen and oxygen atoms in total. The van der Waals surface area contributed by atoms with Crippen LogP contribution in [0.4, 0.5) is 33.1 Å². The van der Waals surface area contributed by atoms with Crippen molar-refractivity contribution in [3.05, 3.63) is 71.8 Å². The Morgan fingerprint density at radius 3 is 2.58 bits per heavy atom. The molecule has 38 heavy (non-hydrogen) atoms. The van der Waals surface area contributed by atoms with Crippen LogP contribution in [0.3, 0.4) is 0 Å². The zero-order valence-corrected chi connectivity index (χ0v) is 21.7. The molecule has 1 unspecified atom stereocenters. The third-order valence-electron chi connectivity index (χ3n) is 5.25. The van der Waals surface area contributed by atoms with Crippen LogP contribution in [0.15, 0.2) is 66.7 Å². The fourth-order valence-corrected chi connectivity index (χ4v) is 4.28. The molecule has 0 bridgehead atoms. The molecule has 198 valence electrons. The lowest BCUT2D eigenvalue weighted by Gasteiger charge is -2.23. The van der Waals surface area contributed by atoms with Gasteiger partial charge >= 0.3 is 0 Å². The first-order chi connectivity index (χ1) is 18.4. The molecule has 0 aliphatic heterocycles. The van der Waals surface area contributed by atoms with Crippen molar-refractivity contribution in [3.63, 3.8) is 0 Å². The Kier molecular flexibility index (Phi) is 9.02. The van der Waals surface area contributed by atoms with Crippen LogP contribution in [-0.4, -0.2) is 51.5 Å². The van der Waals surface area contributed by atoms with Crippen LogP contribution < -0.4 is 25.0 Å². The van der Waals surface area contributed by atoms with E-state index >= 15 is 0 Å². The lowest BCUT2D eigenvalue weighted by molar-refractivity contribution is -0.115. The SMILES string of the molecule is COc1ccc(Cl)c(Nc2nc3ccccc3nc2N(c2cccc(NC(=O)CNCCF)c2)S(=O)O)c1. The number of ether oxygens (including phenoxy) is 1. The van der Waals surface area contributed by atoms with Gasteiger partial charge in [-0.15, -0.1) is 0 Å². The maximum atomic E-state index is 12.7. The molecule has 4 aromatic rings. The lowest BCUT2D eigenvalue weighted by Crippen LogP contribution is -2.29. The van der Waals surface area contributed by atoms with Gasteiger partial charge in [0.05, 0.1) is 41.1 Å². The third-order valence-corrected chi connectivity index (χ3v) is 6.27. The van der Waals surface area contributed by atoms with Gasteiger partial charge in [-0.25, -0.2) is 22.9 Å². The van der Waals surface area contributed by atoms with E-state index in [1.54, 1.807) is 60.7 Å². The highest BCUT2D eigenvalue weighted by Crippen LogP contribution is 2.37. The molecular weight excluding hydrogens is 535 g/mol. The molecule has 4 N–H and O–H groups in total. The summed E-state index contributed by atoms with van der Waals surface area (Å²) in [6, 6.07) is 18.4. The number of nitrogens with zero attached hydrogens (tertiary/aromatic N) is 3. The lowest BCUT2D eigenvalue weighted by atomic mass is 10.2. The Morgan fingerprint density at radius 1 is 1.11 bits per heavy atom. The van der Waals surface area contributed by atoms with E-state index in [-0.39, 0.29) is 30.4 Å². The van der Waals surface area contributed by atoms with Gasteiger partial charge in [-0.3, -0.25) is 9.35 Å². The van der Waals surface area contributed by atoms with Crippen molar-refractivity contribution in [3.8, 4) is 5.75 Å². The number of nitrogens with one attached hydrogen (secondary N) is 3. The molecule has 1 aromatic heterocycles. The van der Waals surface area contributed by atoms with Gasteiger partial charge in [0, 0.05) is 18.3 Å². The van der Waals surface area contributed by atoms with Gasteiger partial charge in [0.25, 0.3) is 11.3 Å². The summed E-state index contributed by atoms with van der Waals surface area (Å²) in [5.74, 6) is 0.342. The standard InChI is InChI=1S/C25H24ClFN6O4S/c1-37-18-9-10-19(26)22(14-18)31-24-25(32-21-8-3-2-7-20(21)30-24)33(38(35)36)17-6-4-5-16(13-17)29-23(34)15-28-12-11-27/h2-10,13-14,28H,11-12,15H2,1H3,(H,29,34)(H,30,31)(H,35,36). The van der Waals surface area contributed by atoms with Crippen molar-refractivity contribution in [2.75, 3.05) is 41.8 Å². The normalized spacial score (nSPS) is 11.7. The number of carbonyl (C=O) groups is 1. The number of fused-ring (bicyclic) bond motifs is 1. The Bertz CT molecular complexity index is 1480. The van der Waals surface area contributed by atoms with E-state index in [1.165, 1.54) is 13.2 Å². The van der Waals surface area contributed by atoms with E-state index in [0.717, 1.165) is 4.31 Å². The van der Waals surface area contributed by atoms with Crippen molar-refractivity contribution in [1.82, 2.24) is 15.3 Å². The van der Waals surface area contributed by atoms with Crippen LogP contribution in [0.2, 0.25) is 5.02 Å². The van der Waals surface area contributed by atoms with Gasteiger partial charge in [0.15, 0.2) is 11.6 Å². The minimum absolute atomic E-state index is 0.0384. The molecule has 4 rings (SSSR count). The molecule has 0 saturated heterocycles. The fraction of sp³-hybridized carbons (Fsp3) is 0.160. The van der Waals surface area contributed by atoms with E-state index in [9.17, 15) is 17.9 Å². The minimum atomic E-state index is -2.59. The molecule has 0 spiro atoms. The summed E-state index contributed by atoms with van der Waals surface area (Å²) in [4.78, 5) is 21.4. The topological polar surface area (TPSA) is 129 Å². The number of anilines is 5. The molecule has 1 heterocycles. The molecule has 0 radical (unpaired) electrons. The Hall–Kier alpha value is -3.84. The summed E-state index contributed by atoms with van der Waals surface area (Å²) in [6.07, 6.45) is 0. The molecule has 3 aromatic carbocycles. The maximum Gasteiger partial charge on any atom is 0.268 e. The van der Waals surface area contributed by atoms with Gasteiger partial charge in [-0.05, 0) is 42.5 Å². The average molecular weight is 559 g/mol. The summed E-state index contributed by atoms with van der Waals surface area (Å²) < 4.78 is 41.7. The van der Waals surface area contributed by atoms with Crippen LogP contribution in [0.5, 0.6) is 5.75 Å². The number of aromatic nitrogens is 2. The van der Waals surface area contributed by atoms with Crippen molar-refractivity contribution < 1.29 is 22.7 Å². The van der Waals surface area contributed by atoms with Gasteiger partial charge in [0.2, 0.25) is 5.91 Å². The van der Waals surface area contributed by atoms with Crippen LogP contribution in [0, 0.1) is 0 Å². The predicted molar refractivity (Wildman–Crippen MR) is 148 cm³/mol. The van der Waals surface area contributed by atoms with Crippen LogP contribution in [0.1, 0.15) is 0 Å². The van der Waals surface area contributed by atoms with Crippen LogP contribution in [0.25, 0.3) is 11.0 Å². The molecule has 1 atom stereocenters. The van der Waals surface area contributed by atoms with Crippen molar-refractivity contribution in [2.24, 2.45) is 0 Å². The zero-order valence-electron chi connectivity index (χ0n) is 20.1. The van der Waals surface area contributed by atoms with E-state index in [2.05, 4.69) is 25.9 Å². The Morgan fingerprint density at radius 2 is 1.87 bits per heavy atom. The first-order valence-corrected chi connectivity index (χ1v) is 12.8. The number of hydrogen-bond donors (Lipinski definition) is 4. The number of benzene rings is 3. The smallest absolute Gasteiger partial charge is 0.268 e. The van der Waals surface area contributed by atoms with Gasteiger partial charge in [-0.2, -0.15) is 0 Å². The molecule has 13 heteroatoms. The minimum Gasteiger partial charge on any atom is -0.497 e. The molecular formula is C25H24ClFN6O4S. The molecule has 0 saturated carbocycles. The van der Waals surface area contributed by atoms with E-state index in [0.29, 0.717) is 33.2 Å². The zero-order chi connectivity index (χ0) is 27.1. The Balaban J connectivity index is 1.76. The van der Waals surface area contributed by atoms with Crippen molar-refractivity contribution in [1.29, 1.82) is 0 Å². The molecule has 0 aliphatic rings. The van der Waals surface area contributed by atoms with Crippen LogP contribution in [-0.2, 0) is 16.1 Å². The quantitative estimate of drug-likeness (QED) is 0.152. The predicted octanol–water partition coefficient (Wildman–Crippen LogP) is 4.81. The number of carbonyl (C=O) groups excluding carboxylic acids is 1. The second-order valence-electron chi connectivity index (χ2n) is 7.84. The van der Waals surface area contributed by atoms with Gasteiger partial charge in [0.1, 0.15) is 12.4 Å². The third kappa shape index (κ3) is 6.53. The molecule has 0 aliphatic carbocycles. The maximum absolute atomic E-state index is 12.7.